The molecule has 36 heavy (non-hydrogen) atoms. The van der Waals surface area contributed by atoms with Crippen molar-refractivity contribution < 1.29 is 41.0 Å². The Bertz CT molecular complexity index is 1140. The highest BCUT2D eigenvalue weighted by molar-refractivity contribution is 5.89. The number of likely N-dealkylation sites (tertiary alicyclic amines) is 1. The molecule has 10 heteroatoms. The number of hydrogen-bond acceptors (Lipinski definition) is 3. The molecular formula is C26H27F6NO3. The lowest BCUT2D eigenvalue weighted by Gasteiger charge is -2.58. The SMILES string of the molecule is O=C(O)C1CC2(C1)CN(Cc1ccc3c(C(F)(F)F)c(O[C@H]4CC[C@@H](C(F)(F)F)CC4)ccc3c1)C2. The molecule has 0 aromatic heterocycles. The van der Waals surface area contributed by atoms with Gasteiger partial charge in [0.1, 0.15) is 11.3 Å². The molecule has 2 aromatic carbocycles. The Balaban J connectivity index is 1.28. The Morgan fingerprint density at radius 2 is 1.67 bits per heavy atom. The number of fused-ring (bicyclic) bond motifs is 1. The lowest BCUT2D eigenvalue weighted by atomic mass is 9.57. The largest absolute Gasteiger partial charge is 0.490 e. The number of aliphatic carboxylic acids is 1. The number of carbonyl (C=O) groups is 1. The summed E-state index contributed by atoms with van der Waals surface area (Å²) in [6.07, 6.45) is -8.51. The summed E-state index contributed by atoms with van der Waals surface area (Å²) in [6, 6.07) is 7.63. The van der Waals surface area contributed by atoms with Crippen LogP contribution in [0.4, 0.5) is 26.3 Å². The van der Waals surface area contributed by atoms with Crippen LogP contribution >= 0.6 is 0 Å². The number of alkyl halides is 6. The van der Waals surface area contributed by atoms with E-state index in [2.05, 4.69) is 4.90 Å². The van der Waals surface area contributed by atoms with E-state index in [1.807, 2.05) is 0 Å². The lowest BCUT2D eigenvalue weighted by molar-refractivity contribution is -0.185. The molecule has 2 saturated carbocycles. The molecule has 4 nitrogen and oxygen atoms in total. The maximum atomic E-state index is 14.1. The molecule has 3 fully saturated rings. The van der Waals surface area contributed by atoms with Crippen LogP contribution in [0.3, 0.4) is 0 Å². The number of rotatable bonds is 5. The quantitative estimate of drug-likeness (QED) is 0.453. The Morgan fingerprint density at radius 3 is 2.25 bits per heavy atom. The van der Waals surface area contributed by atoms with E-state index in [0.717, 1.165) is 18.7 Å². The first kappa shape index (κ1) is 25.2. The molecule has 196 valence electrons. The Hall–Kier alpha value is -2.49. The number of hydrogen-bond donors (Lipinski definition) is 1. The standard InChI is InChI=1S/C26H27F6NO3/c27-25(28,29)18-3-5-19(6-4-18)36-21-8-2-16-9-15(1-7-20(16)22(21)26(30,31)32)12-33-13-24(14-33)10-17(11-24)23(34)35/h1-2,7-9,17-19H,3-6,10-14H2,(H,34,35)/t18-,19+. The van der Waals surface area contributed by atoms with E-state index in [1.54, 1.807) is 18.2 Å². The second kappa shape index (κ2) is 8.82. The van der Waals surface area contributed by atoms with Crippen molar-refractivity contribution in [3.8, 4) is 5.75 Å². The van der Waals surface area contributed by atoms with E-state index in [9.17, 15) is 31.1 Å². The Kier molecular flexibility index (Phi) is 6.16. The van der Waals surface area contributed by atoms with Crippen LogP contribution in [-0.2, 0) is 17.5 Å². The summed E-state index contributed by atoms with van der Waals surface area (Å²) in [6.45, 7) is 2.13. The highest BCUT2D eigenvalue weighted by atomic mass is 19.4. The number of halogens is 6. The first-order chi connectivity index (χ1) is 16.8. The van der Waals surface area contributed by atoms with Crippen LogP contribution in [0.1, 0.15) is 49.7 Å². The number of carboxylic acids is 1. The predicted molar refractivity (Wildman–Crippen MR) is 119 cm³/mol. The fourth-order valence-electron chi connectivity index (χ4n) is 6.23. The van der Waals surface area contributed by atoms with Gasteiger partial charge in [-0.2, -0.15) is 26.3 Å². The third-order valence-corrected chi connectivity index (χ3v) is 7.99. The summed E-state index contributed by atoms with van der Waals surface area (Å²) >= 11 is 0. The van der Waals surface area contributed by atoms with Gasteiger partial charge >= 0.3 is 18.3 Å². The zero-order chi connectivity index (χ0) is 25.9. The predicted octanol–water partition coefficient (Wildman–Crippen LogP) is 6.66. The van der Waals surface area contributed by atoms with Crippen LogP contribution in [0.5, 0.6) is 5.75 Å². The normalized spacial score (nSPS) is 24.9. The fourth-order valence-corrected chi connectivity index (χ4v) is 6.23. The van der Waals surface area contributed by atoms with Crippen LogP contribution in [0.25, 0.3) is 10.8 Å². The molecule has 1 spiro atoms. The van der Waals surface area contributed by atoms with Gasteiger partial charge in [-0.1, -0.05) is 18.2 Å². The van der Waals surface area contributed by atoms with Gasteiger partial charge in [0, 0.05) is 19.6 Å². The zero-order valence-electron chi connectivity index (χ0n) is 19.5. The molecule has 0 radical (unpaired) electrons. The summed E-state index contributed by atoms with van der Waals surface area (Å²) in [4.78, 5) is 13.2. The highest BCUT2D eigenvalue weighted by Crippen LogP contribution is 2.52. The van der Waals surface area contributed by atoms with E-state index < -0.39 is 35.9 Å². The van der Waals surface area contributed by atoms with Crippen LogP contribution in [0, 0.1) is 17.3 Å². The van der Waals surface area contributed by atoms with Gasteiger partial charge in [0.15, 0.2) is 0 Å². The minimum Gasteiger partial charge on any atom is -0.490 e. The van der Waals surface area contributed by atoms with Gasteiger partial charge in [-0.3, -0.25) is 9.69 Å². The van der Waals surface area contributed by atoms with E-state index >= 15 is 0 Å². The highest BCUT2D eigenvalue weighted by Gasteiger charge is 2.54. The molecule has 2 aliphatic carbocycles. The second-order valence-corrected chi connectivity index (χ2v) is 10.7. The van der Waals surface area contributed by atoms with E-state index in [-0.39, 0.29) is 48.2 Å². The second-order valence-electron chi connectivity index (χ2n) is 10.7. The Labute approximate surface area is 204 Å². The van der Waals surface area contributed by atoms with Crippen molar-refractivity contribution >= 4 is 16.7 Å². The number of nitrogens with zero attached hydrogens (tertiary/aromatic N) is 1. The molecule has 5 rings (SSSR count). The number of carboxylic acid groups (broad SMARTS) is 1. The maximum absolute atomic E-state index is 14.1. The van der Waals surface area contributed by atoms with Crippen molar-refractivity contribution in [1.29, 1.82) is 0 Å². The van der Waals surface area contributed by atoms with E-state index in [1.165, 1.54) is 12.1 Å². The first-order valence-electron chi connectivity index (χ1n) is 12.1. The number of ether oxygens (including phenoxy) is 1. The third-order valence-electron chi connectivity index (χ3n) is 7.99. The molecule has 3 aliphatic rings. The average molecular weight is 515 g/mol. The van der Waals surface area contributed by atoms with Gasteiger partial charge in [0.05, 0.1) is 17.9 Å². The minimum atomic E-state index is -4.69. The fraction of sp³-hybridized carbons (Fsp3) is 0.577. The lowest BCUT2D eigenvalue weighted by Crippen LogP contribution is -2.62. The molecule has 0 bridgehead atoms. The van der Waals surface area contributed by atoms with Gasteiger partial charge in [-0.05, 0) is 72.4 Å². The van der Waals surface area contributed by atoms with Crippen molar-refractivity contribution in [2.45, 2.75) is 63.5 Å². The molecule has 0 amide bonds. The van der Waals surface area contributed by atoms with Gasteiger partial charge in [-0.25, -0.2) is 0 Å². The summed E-state index contributed by atoms with van der Waals surface area (Å²) in [7, 11) is 0. The molecule has 1 N–H and O–H groups in total. The summed E-state index contributed by atoms with van der Waals surface area (Å²) < 4.78 is 86.6. The molecular weight excluding hydrogens is 488 g/mol. The van der Waals surface area contributed by atoms with Gasteiger partial charge in [-0.15, -0.1) is 0 Å². The van der Waals surface area contributed by atoms with Crippen molar-refractivity contribution in [1.82, 2.24) is 4.90 Å². The zero-order valence-corrected chi connectivity index (χ0v) is 19.5. The monoisotopic (exact) mass is 515 g/mol. The van der Waals surface area contributed by atoms with Crippen LogP contribution < -0.4 is 4.74 Å². The molecule has 1 aliphatic heterocycles. The minimum absolute atomic E-state index is 0.00361. The summed E-state index contributed by atoms with van der Waals surface area (Å²) in [5, 5.41) is 9.48. The topological polar surface area (TPSA) is 49.8 Å². The first-order valence-corrected chi connectivity index (χ1v) is 12.1. The number of benzene rings is 2. The van der Waals surface area contributed by atoms with E-state index in [0.29, 0.717) is 24.8 Å². The van der Waals surface area contributed by atoms with Crippen molar-refractivity contribution in [2.75, 3.05) is 13.1 Å². The van der Waals surface area contributed by atoms with E-state index in [4.69, 9.17) is 9.84 Å². The maximum Gasteiger partial charge on any atom is 0.420 e. The van der Waals surface area contributed by atoms with Crippen molar-refractivity contribution in [3.05, 3.63) is 41.5 Å². The van der Waals surface area contributed by atoms with Crippen LogP contribution in [-0.4, -0.2) is 41.3 Å². The molecule has 2 aromatic rings. The third kappa shape index (κ3) is 4.88. The average Bonchev–Trinajstić information content (AvgIpc) is 2.73. The van der Waals surface area contributed by atoms with Gasteiger partial charge in [0.2, 0.25) is 0 Å². The van der Waals surface area contributed by atoms with Crippen LogP contribution in [0.15, 0.2) is 30.3 Å². The molecule has 0 unspecified atom stereocenters. The summed E-state index contributed by atoms with van der Waals surface area (Å²) in [5.74, 6) is -2.81. The van der Waals surface area contributed by atoms with Crippen molar-refractivity contribution in [3.63, 3.8) is 0 Å². The summed E-state index contributed by atoms with van der Waals surface area (Å²) in [5.41, 5.74) is 0.0229. The van der Waals surface area contributed by atoms with Gasteiger partial charge < -0.3 is 9.84 Å². The van der Waals surface area contributed by atoms with Crippen LogP contribution in [0.2, 0.25) is 0 Å². The van der Waals surface area contributed by atoms with Crippen molar-refractivity contribution in [2.24, 2.45) is 17.3 Å². The molecule has 0 atom stereocenters. The smallest absolute Gasteiger partial charge is 0.420 e. The van der Waals surface area contributed by atoms with Gasteiger partial charge in [0.25, 0.3) is 0 Å². The molecule has 1 saturated heterocycles. The Morgan fingerprint density at radius 1 is 1.00 bits per heavy atom. The molecule has 1 heterocycles.